The second kappa shape index (κ2) is 3.69. The first-order valence-electron chi connectivity index (χ1n) is 4.43. The minimum atomic E-state index is -0.499. The normalized spacial score (nSPS) is 10.4. The van der Waals surface area contributed by atoms with Crippen LogP contribution in [0.1, 0.15) is 0 Å². The Morgan fingerprint density at radius 1 is 1.38 bits per heavy atom. The van der Waals surface area contributed by atoms with Crippen LogP contribution < -0.4 is 16.3 Å². The van der Waals surface area contributed by atoms with E-state index in [1.165, 1.54) is 19.2 Å². The van der Waals surface area contributed by atoms with E-state index < -0.39 is 5.82 Å². The number of nitrogens with two attached hydrogens (primary N) is 2. The van der Waals surface area contributed by atoms with Crippen LogP contribution in [0.3, 0.4) is 0 Å². The highest BCUT2D eigenvalue weighted by Gasteiger charge is 2.11. The zero-order valence-electron chi connectivity index (χ0n) is 8.51. The number of ether oxygens (including phenoxy) is 1. The molecule has 4 N–H and O–H groups in total. The molecule has 0 aliphatic rings. The van der Waals surface area contributed by atoms with Crippen LogP contribution in [0.5, 0.6) is 5.75 Å². The van der Waals surface area contributed by atoms with Gasteiger partial charge in [0.05, 0.1) is 7.11 Å². The van der Waals surface area contributed by atoms with Gasteiger partial charge in [-0.3, -0.25) is 0 Å². The van der Waals surface area contributed by atoms with Crippen LogP contribution in [-0.2, 0) is 0 Å². The van der Waals surface area contributed by atoms with Gasteiger partial charge < -0.3 is 16.3 Å². The molecule has 0 amide bonds. The van der Waals surface area contributed by atoms with Crippen LogP contribution in [0.15, 0.2) is 18.2 Å². The summed E-state index contributed by atoms with van der Waals surface area (Å²) in [5, 5.41) is 7.31. The number of hydrogen-bond acceptors (Lipinski definition) is 5. The van der Waals surface area contributed by atoms with E-state index in [1.54, 1.807) is 6.07 Å². The van der Waals surface area contributed by atoms with Crippen molar-refractivity contribution in [2.24, 2.45) is 0 Å². The van der Waals surface area contributed by atoms with Crippen molar-refractivity contribution >= 4 is 5.95 Å². The molecule has 0 atom stereocenters. The summed E-state index contributed by atoms with van der Waals surface area (Å²) >= 11 is 0. The van der Waals surface area contributed by atoms with Gasteiger partial charge in [-0.05, 0) is 18.2 Å². The third-order valence-corrected chi connectivity index (χ3v) is 2.13. The molecule has 7 heteroatoms. The van der Waals surface area contributed by atoms with Gasteiger partial charge in [-0.25, -0.2) is 9.07 Å². The Balaban J connectivity index is 2.49. The van der Waals surface area contributed by atoms with Gasteiger partial charge in [0.25, 0.3) is 0 Å². The molecule has 0 saturated heterocycles. The van der Waals surface area contributed by atoms with Crippen molar-refractivity contribution in [3.05, 3.63) is 24.0 Å². The van der Waals surface area contributed by atoms with Crippen LogP contribution in [-0.4, -0.2) is 22.0 Å². The average Bonchev–Trinajstić information content (AvgIpc) is 2.60. The Bertz CT molecular complexity index is 525. The van der Waals surface area contributed by atoms with Crippen molar-refractivity contribution in [1.29, 1.82) is 0 Å². The molecule has 2 aromatic rings. The average molecular weight is 223 g/mol. The van der Waals surface area contributed by atoms with Crippen LogP contribution in [0.4, 0.5) is 10.3 Å². The molecule has 1 aromatic carbocycles. The van der Waals surface area contributed by atoms with E-state index in [9.17, 15) is 4.39 Å². The largest absolute Gasteiger partial charge is 0.494 e. The predicted molar refractivity (Wildman–Crippen MR) is 56.5 cm³/mol. The Kier molecular flexibility index (Phi) is 2.35. The van der Waals surface area contributed by atoms with Crippen molar-refractivity contribution in [3.63, 3.8) is 0 Å². The van der Waals surface area contributed by atoms with E-state index in [-0.39, 0.29) is 11.7 Å². The number of hydrogen-bond donors (Lipinski definition) is 2. The highest BCUT2D eigenvalue weighted by molar-refractivity contribution is 5.58. The molecule has 0 bridgehead atoms. The van der Waals surface area contributed by atoms with Gasteiger partial charge in [0, 0.05) is 5.56 Å². The summed E-state index contributed by atoms with van der Waals surface area (Å²) in [6.07, 6.45) is 0. The van der Waals surface area contributed by atoms with Crippen LogP contribution in [0.2, 0.25) is 0 Å². The van der Waals surface area contributed by atoms with Crippen molar-refractivity contribution in [2.45, 2.75) is 0 Å². The molecule has 0 aliphatic heterocycles. The number of halogens is 1. The number of anilines is 1. The molecule has 0 spiro atoms. The summed E-state index contributed by atoms with van der Waals surface area (Å²) in [7, 11) is 1.39. The maximum Gasteiger partial charge on any atom is 0.241 e. The molecular formula is C9H10FN5O. The van der Waals surface area contributed by atoms with E-state index in [4.69, 9.17) is 16.3 Å². The molecular weight excluding hydrogens is 213 g/mol. The minimum Gasteiger partial charge on any atom is -0.494 e. The van der Waals surface area contributed by atoms with Gasteiger partial charge in [-0.15, -0.1) is 10.2 Å². The first-order chi connectivity index (χ1) is 7.63. The van der Waals surface area contributed by atoms with E-state index in [1.807, 2.05) is 0 Å². The lowest BCUT2D eigenvalue weighted by molar-refractivity contribution is 0.386. The molecule has 1 heterocycles. The van der Waals surface area contributed by atoms with E-state index in [2.05, 4.69) is 10.2 Å². The molecule has 0 radical (unpaired) electrons. The molecule has 84 valence electrons. The molecule has 0 unspecified atom stereocenters. The lowest BCUT2D eigenvalue weighted by Gasteiger charge is -2.04. The smallest absolute Gasteiger partial charge is 0.241 e. The predicted octanol–water partition coefficient (Wildman–Crippen LogP) is 0.389. The monoisotopic (exact) mass is 223 g/mol. The van der Waals surface area contributed by atoms with Crippen molar-refractivity contribution in [3.8, 4) is 17.1 Å². The summed E-state index contributed by atoms with van der Waals surface area (Å²) in [6.45, 7) is 0. The Morgan fingerprint density at radius 2 is 2.12 bits per heavy atom. The number of nitrogens with zero attached hydrogens (tertiary/aromatic N) is 3. The fourth-order valence-corrected chi connectivity index (χ4v) is 1.31. The molecule has 1 aromatic heterocycles. The van der Waals surface area contributed by atoms with Gasteiger partial charge in [0.1, 0.15) is 0 Å². The third kappa shape index (κ3) is 1.52. The Morgan fingerprint density at radius 3 is 2.62 bits per heavy atom. The first kappa shape index (κ1) is 10.2. The molecule has 0 fully saturated rings. The molecule has 16 heavy (non-hydrogen) atoms. The SMILES string of the molecule is COc1ccc(-c2nnc(N)n2N)cc1F. The standard InChI is InChI=1S/C9H10FN5O/c1-16-7-3-2-5(4-6(7)10)8-13-14-9(11)15(8)12/h2-4H,12H2,1H3,(H2,11,14). The number of nitrogen functional groups attached to an aromatic ring is 2. The number of aromatic nitrogens is 3. The van der Waals surface area contributed by atoms with Crippen molar-refractivity contribution in [2.75, 3.05) is 18.7 Å². The Hall–Kier alpha value is -2.31. The summed E-state index contributed by atoms with van der Waals surface area (Å²) < 4.78 is 19.3. The van der Waals surface area contributed by atoms with Gasteiger partial charge in [-0.2, -0.15) is 0 Å². The number of rotatable bonds is 2. The molecule has 0 aliphatic carbocycles. The first-order valence-corrected chi connectivity index (χ1v) is 4.43. The van der Waals surface area contributed by atoms with Crippen LogP contribution in [0, 0.1) is 5.82 Å². The van der Waals surface area contributed by atoms with Gasteiger partial charge in [0.2, 0.25) is 5.95 Å². The number of methoxy groups -OCH3 is 1. The maximum atomic E-state index is 13.4. The van der Waals surface area contributed by atoms with Crippen molar-refractivity contribution in [1.82, 2.24) is 14.9 Å². The topological polar surface area (TPSA) is 92.0 Å². The van der Waals surface area contributed by atoms with Crippen LogP contribution in [0.25, 0.3) is 11.4 Å². The maximum absolute atomic E-state index is 13.4. The molecule has 0 saturated carbocycles. The van der Waals surface area contributed by atoms with Gasteiger partial charge in [0.15, 0.2) is 17.4 Å². The zero-order valence-corrected chi connectivity index (χ0v) is 8.51. The van der Waals surface area contributed by atoms with Gasteiger partial charge >= 0.3 is 0 Å². The second-order valence-corrected chi connectivity index (χ2v) is 3.10. The lowest BCUT2D eigenvalue weighted by atomic mass is 10.2. The van der Waals surface area contributed by atoms with E-state index >= 15 is 0 Å². The molecule has 6 nitrogen and oxygen atoms in total. The summed E-state index contributed by atoms with van der Waals surface area (Å²) in [4.78, 5) is 0. The summed E-state index contributed by atoms with van der Waals surface area (Å²) in [5.41, 5.74) is 5.89. The van der Waals surface area contributed by atoms with Crippen molar-refractivity contribution < 1.29 is 9.13 Å². The highest BCUT2D eigenvalue weighted by Crippen LogP contribution is 2.24. The molecule has 2 rings (SSSR count). The summed E-state index contributed by atoms with van der Waals surface area (Å²) in [5.74, 6) is 5.57. The van der Waals surface area contributed by atoms with Crippen LogP contribution >= 0.6 is 0 Å². The second-order valence-electron chi connectivity index (χ2n) is 3.10. The quantitative estimate of drug-likeness (QED) is 0.718. The third-order valence-electron chi connectivity index (χ3n) is 2.13. The number of benzene rings is 1. The lowest BCUT2D eigenvalue weighted by Crippen LogP contribution is -2.13. The van der Waals surface area contributed by atoms with E-state index in [0.717, 1.165) is 4.68 Å². The fraction of sp³-hybridized carbons (Fsp3) is 0.111. The van der Waals surface area contributed by atoms with Gasteiger partial charge in [-0.1, -0.05) is 0 Å². The van der Waals surface area contributed by atoms with E-state index in [0.29, 0.717) is 11.4 Å². The zero-order chi connectivity index (χ0) is 11.7. The minimum absolute atomic E-state index is 0.0613. The Labute approximate surface area is 90.6 Å². The fourth-order valence-electron chi connectivity index (χ4n) is 1.31. The summed E-state index contributed by atoms with van der Waals surface area (Å²) in [6, 6.07) is 4.36. The highest BCUT2D eigenvalue weighted by atomic mass is 19.1.